The second-order valence-electron chi connectivity index (χ2n) is 4.32. The van der Waals surface area contributed by atoms with Gasteiger partial charge in [-0.1, -0.05) is 20.8 Å². The van der Waals surface area contributed by atoms with Crippen molar-refractivity contribution in [2.24, 2.45) is 5.92 Å². The minimum atomic E-state index is -1.23. The van der Waals surface area contributed by atoms with Crippen LogP contribution in [0.3, 0.4) is 0 Å². The zero-order chi connectivity index (χ0) is 13.7. The maximum atomic E-state index is 12.1. The normalized spacial score (nSPS) is 12.7. The second-order valence-corrected chi connectivity index (χ2v) is 5.95. The Morgan fingerprint density at radius 3 is 2.67 bits per heavy atom. The standard InChI is InChI=1S/C11H20N4O2S/c1-5-14(7-9(3)4)11(16)15-8-12-10(13-15)18(17)6-2/h8-9H,5-7H2,1-4H3. The number of amides is 1. The molecule has 0 aliphatic rings. The van der Waals surface area contributed by atoms with E-state index in [9.17, 15) is 9.00 Å². The maximum absolute atomic E-state index is 12.1. The predicted octanol–water partition coefficient (Wildman–Crippen LogP) is 1.35. The van der Waals surface area contributed by atoms with Crippen LogP contribution in [0.4, 0.5) is 4.79 Å². The van der Waals surface area contributed by atoms with E-state index in [2.05, 4.69) is 23.9 Å². The molecule has 6 nitrogen and oxygen atoms in total. The van der Waals surface area contributed by atoms with Gasteiger partial charge in [0, 0.05) is 18.8 Å². The number of hydrogen-bond acceptors (Lipinski definition) is 4. The van der Waals surface area contributed by atoms with Gasteiger partial charge in [0.05, 0.1) is 10.8 Å². The smallest absolute Gasteiger partial charge is 0.323 e. The van der Waals surface area contributed by atoms with Gasteiger partial charge in [-0.3, -0.25) is 4.21 Å². The van der Waals surface area contributed by atoms with Gasteiger partial charge in [0.2, 0.25) is 5.16 Å². The summed E-state index contributed by atoms with van der Waals surface area (Å²) in [6.07, 6.45) is 1.33. The Bertz CT molecular complexity index is 430. The maximum Gasteiger partial charge on any atom is 0.346 e. The van der Waals surface area contributed by atoms with E-state index in [-0.39, 0.29) is 11.2 Å². The second kappa shape index (κ2) is 6.63. The van der Waals surface area contributed by atoms with Crippen LogP contribution in [-0.4, -0.2) is 48.7 Å². The van der Waals surface area contributed by atoms with Gasteiger partial charge in [-0.2, -0.15) is 4.68 Å². The molecule has 1 amide bonds. The average molecular weight is 272 g/mol. The van der Waals surface area contributed by atoms with E-state index < -0.39 is 10.8 Å². The molecule has 0 aliphatic carbocycles. The molecule has 0 aliphatic heterocycles. The van der Waals surface area contributed by atoms with Gasteiger partial charge >= 0.3 is 6.03 Å². The van der Waals surface area contributed by atoms with Gasteiger partial charge in [0.15, 0.2) is 0 Å². The highest BCUT2D eigenvalue weighted by molar-refractivity contribution is 7.84. The molecule has 1 rings (SSSR count). The Labute approximate surface area is 110 Å². The molecule has 18 heavy (non-hydrogen) atoms. The molecular formula is C11H20N4O2S. The number of carbonyl (C=O) groups is 1. The molecule has 0 saturated heterocycles. The molecule has 1 aromatic rings. The van der Waals surface area contributed by atoms with Crippen molar-refractivity contribution < 1.29 is 9.00 Å². The van der Waals surface area contributed by atoms with E-state index in [1.54, 1.807) is 11.8 Å². The predicted molar refractivity (Wildman–Crippen MR) is 69.9 cm³/mol. The molecule has 0 spiro atoms. The Morgan fingerprint density at radius 2 is 2.17 bits per heavy atom. The van der Waals surface area contributed by atoms with E-state index in [1.807, 2.05) is 6.92 Å². The first-order valence-corrected chi connectivity index (χ1v) is 7.40. The molecule has 0 radical (unpaired) electrons. The Balaban J connectivity index is 2.82. The summed E-state index contributed by atoms with van der Waals surface area (Å²) in [4.78, 5) is 17.7. The third-order valence-electron chi connectivity index (χ3n) is 2.37. The fraction of sp³-hybridized carbons (Fsp3) is 0.727. The summed E-state index contributed by atoms with van der Waals surface area (Å²) in [5.74, 6) is 0.837. The number of carbonyl (C=O) groups excluding carboxylic acids is 1. The van der Waals surface area contributed by atoms with E-state index in [0.717, 1.165) is 4.68 Å². The van der Waals surface area contributed by atoms with Crippen molar-refractivity contribution in [1.29, 1.82) is 0 Å². The minimum Gasteiger partial charge on any atom is -0.323 e. The molecule has 1 atom stereocenters. The van der Waals surface area contributed by atoms with Gasteiger partial charge in [-0.25, -0.2) is 9.78 Å². The largest absolute Gasteiger partial charge is 0.346 e. The molecule has 0 fully saturated rings. The Morgan fingerprint density at radius 1 is 1.50 bits per heavy atom. The summed E-state index contributed by atoms with van der Waals surface area (Å²) in [6, 6.07) is -0.224. The summed E-state index contributed by atoms with van der Waals surface area (Å²) >= 11 is 0. The van der Waals surface area contributed by atoms with Crippen LogP contribution in [0.2, 0.25) is 0 Å². The topological polar surface area (TPSA) is 68.1 Å². The summed E-state index contributed by atoms with van der Waals surface area (Å²) in [6.45, 7) is 9.09. The van der Waals surface area contributed by atoms with Crippen LogP contribution in [0, 0.1) is 5.92 Å². The summed E-state index contributed by atoms with van der Waals surface area (Å²) < 4.78 is 12.7. The lowest BCUT2D eigenvalue weighted by molar-refractivity contribution is 0.192. The lowest BCUT2D eigenvalue weighted by Crippen LogP contribution is -2.37. The van der Waals surface area contributed by atoms with Crippen molar-refractivity contribution in [3.63, 3.8) is 0 Å². The van der Waals surface area contributed by atoms with Crippen LogP contribution >= 0.6 is 0 Å². The van der Waals surface area contributed by atoms with Crippen LogP contribution in [-0.2, 0) is 10.8 Å². The lowest BCUT2D eigenvalue weighted by Gasteiger charge is -2.21. The zero-order valence-electron chi connectivity index (χ0n) is 11.3. The number of aromatic nitrogens is 3. The van der Waals surface area contributed by atoms with E-state index in [1.165, 1.54) is 6.33 Å². The average Bonchev–Trinajstić information content (AvgIpc) is 2.83. The molecule has 0 N–H and O–H groups in total. The van der Waals surface area contributed by atoms with Crippen molar-refractivity contribution in [2.45, 2.75) is 32.9 Å². The van der Waals surface area contributed by atoms with Gasteiger partial charge in [-0.15, -0.1) is 5.10 Å². The number of nitrogens with zero attached hydrogens (tertiary/aromatic N) is 4. The Hall–Kier alpha value is -1.24. The molecule has 0 saturated carbocycles. The lowest BCUT2D eigenvalue weighted by atomic mass is 10.2. The number of rotatable bonds is 5. The van der Waals surface area contributed by atoms with E-state index >= 15 is 0 Å². The van der Waals surface area contributed by atoms with Crippen LogP contribution in [0.25, 0.3) is 0 Å². The molecule has 102 valence electrons. The first-order chi connectivity index (χ1) is 8.49. The van der Waals surface area contributed by atoms with Crippen molar-refractivity contribution in [3.8, 4) is 0 Å². The van der Waals surface area contributed by atoms with Crippen molar-refractivity contribution in [3.05, 3.63) is 6.33 Å². The highest BCUT2D eigenvalue weighted by atomic mass is 32.2. The fourth-order valence-electron chi connectivity index (χ4n) is 1.50. The molecule has 1 heterocycles. The van der Waals surface area contributed by atoms with Gasteiger partial charge < -0.3 is 4.90 Å². The monoisotopic (exact) mass is 272 g/mol. The molecule has 1 unspecified atom stereocenters. The van der Waals surface area contributed by atoms with E-state index in [4.69, 9.17) is 0 Å². The molecule has 1 aromatic heterocycles. The third-order valence-corrected chi connectivity index (χ3v) is 3.49. The first kappa shape index (κ1) is 14.8. The SMILES string of the molecule is CCN(CC(C)C)C(=O)n1cnc(S(=O)CC)n1. The van der Waals surface area contributed by atoms with Crippen LogP contribution < -0.4 is 0 Å². The van der Waals surface area contributed by atoms with Gasteiger partial charge in [-0.05, 0) is 12.8 Å². The molecular weight excluding hydrogens is 252 g/mol. The number of hydrogen-bond donors (Lipinski definition) is 0. The molecule has 0 bridgehead atoms. The minimum absolute atomic E-state index is 0.214. The highest BCUT2D eigenvalue weighted by Crippen LogP contribution is 2.03. The highest BCUT2D eigenvalue weighted by Gasteiger charge is 2.18. The Kier molecular flexibility index (Phi) is 5.46. The van der Waals surface area contributed by atoms with E-state index in [0.29, 0.717) is 24.8 Å². The van der Waals surface area contributed by atoms with Crippen LogP contribution in [0.5, 0.6) is 0 Å². The van der Waals surface area contributed by atoms with Crippen LogP contribution in [0.15, 0.2) is 11.5 Å². The summed E-state index contributed by atoms with van der Waals surface area (Å²) in [5, 5.41) is 4.19. The van der Waals surface area contributed by atoms with Crippen molar-refractivity contribution in [1.82, 2.24) is 19.7 Å². The van der Waals surface area contributed by atoms with Gasteiger partial charge in [0.1, 0.15) is 6.33 Å². The summed E-state index contributed by atoms with van der Waals surface area (Å²) in [5.41, 5.74) is 0. The quantitative estimate of drug-likeness (QED) is 0.811. The van der Waals surface area contributed by atoms with Crippen LogP contribution in [0.1, 0.15) is 27.7 Å². The van der Waals surface area contributed by atoms with Gasteiger partial charge in [0.25, 0.3) is 0 Å². The zero-order valence-corrected chi connectivity index (χ0v) is 12.1. The third kappa shape index (κ3) is 3.63. The fourth-order valence-corrected chi connectivity index (χ4v) is 2.10. The summed E-state index contributed by atoms with van der Waals surface area (Å²) in [7, 11) is -1.23. The van der Waals surface area contributed by atoms with Crippen molar-refractivity contribution >= 4 is 16.8 Å². The molecule has 0 aromatic carbocycles. The first-order valence-electron chi connectivity index (χ1n) is 6.08. The molecule has 7 heteroatoms. The van der Waals surface area contributed by atoms with Crippen molar-refractivity contribution in [2.75, 3.05) is 18.8 Å².